The standard InChI is InChI=1S/C6H8O3/c1-4(7)5-2-3-6(8)9-5/h2-5,7H,1H3/t4-,5?/m0/s1. The van der Waals surface area contributed by atoms with Crippen LogP contribution in [0.5, 0.6) is 0 Å². The second-order valence-corrected chi connectivity index (χ2v) is 2.00. The second kappa shape index (κ2) is 2.19. The molecule has 0 aliphatic carbocycles. The van der Waals surface area contributed by atoms with Crippen molar-refractivity contribution >= 4 is 5.97 Å². The quantitative estimate of drug-likeness (QED) is 0.499. The third-order valence-electron chi connectivity index (χ3n) is 1.15. The summed E-state index contributed by atoms with van der Waals surface area (Å²) in [5.41, 5.74) is 0. The molecule has 0 saturated carbocycles. The molecule has 0 amide bonds. The molecule has 3 nitrogen and oxygen atoms in total. The Bertz CT molecular complexity index is 148. The van der Waals surface area contributed by atoms with Gasteiger partial charge in [0.1, 0.15) is 6.10 Å². The van der Waals surface area contributed by atoms with Crippen LogP contribution in [0.4, 0.5) is 0 Å². The van der Waals surface area contributed by atoms with Crippen LogP contribution in [0.15, 0.2) is 12.2 Å². The number of carbonyl (C=O) groups is 1. The van der Waals surface area contributed by atoms with Gasteiger partial charge in [-0.3, -0.25) is 0 Å². The number of esters is 1. The fourth-order valence-corrected chi connectivity index (χ4v) is 0.645. The Hall–Kier alpha value is -0.830. The molecule has 2 atom stereocenters. The highest BCUT2D eigenvalue weighted by molar-refractivity contribution is 5.84. The number of hydrogen-bond donors (Lipinski definition) is 1. The van der Waals surface area contributed by atoms with Gasteiger partial charge in [0.25, 0.3) is 0 Å². The molecule has 3 heteroatoms. The van der Waals surface area contributed by atoms with Crippen LogP contribution < -0.4 is 0 Å². The van der Waals surface area contributed by atoms with E-state index in [9.17, 15) is 4.79 Å². The molecule has 1 unspecified atom stereocenters. The summed E-state index contributed by atoms with van der Waals surface area (Å²) in [6.45, 7) is 1.58. The monoisotopic (exact) mass is 128 g/mol. The van der Waals surface area contributed by atoms with Gasteiger partial charge in [0.15, 0.2) is 0 Å². The summed E-state index contributed by atoms with van der Waals surface area (Å²) in [5.74, 6) is -0.374. The summed E-state index contributed by atoms with van der Waals surface area (Å²) in [4.78, 5) is 10.3. The van der Waals surface area contributed by atoms with Crippen molar-refractivity contribution < 1.29 is 14.6 Å². The maximum atomic E-state index is 10.3. The fraction of sp³-hybridized carbons (Fsp3) is 0.500. The van der Waals surface area contributed by atoms with Crippen molar-refractivity contribution in [1.82, 2.24) is 0 Å². The van der Waals surface area contributed by atoms with E-state index in [1.165, 1.54) is 6.08 Å². The van der Waals surface area contributed by atoms with Crippen LogP contribution in [-0.4, -0.2) is 23.3 Å². The molecule has 1 aliphatic heterocycles. The van der Waals surface area contributed by atoms with E-state index in [1.54, 1.807) is 13.0 Å². The molecule has 9 heavy (non-hydrogen) atoms. The van der Waals surface area contributed by atoms with Crippen LogP contribution in [0.1, 0.15) is 6.92 Å². The van der Waals surface area contributed by atoms with Crippen LogP contribution in [0, 0.1) is 0 Å². The van der Waals surface area contributed by atoms with Gasteiger partial charge >= 0.3 is 5.97 Å². The zero-order valence-electron chi connectivity index (χ0n) is 5.07. The summed E-state index contributed by atoms with van der Waals surface area (Å²) in [7, 11) is 0. The van der Waals surface area contributed by atoms with Crippen molar-refractivity contribution in [3.63, 3.8) is 0 Å². The summed E-state index contributed by atoms with van der Waals surface area (Å²) in [5, 5.41) is 8.84. The molecule has 1 rings (SSSR count). The fourth-order valence-electron chi connectivity index (χ4n) is 0.645. The molecular formula is C6H8O3. The van der Waals surface area contributed by atoms with Gasteiger partial charge in [-0.05, 0) is 13.0 Å². The number of ether oxygens (including phenoxy) is 1. The van der Waals surface area contributed by atoms with Crippen LogP contribution in [0.2, 0.25) is 0 Å². The number of aliphatic hydroxyl groups excluding tert-OH is 1. The SMILES string of the molecule is C[C@H](O)C1C=CC(=O)O1. The van der Waals surface area contributed by atoms with Gasteiger partial charge in [-0.2, -0.15) is 0 Å². The summed E-state index contributed by atoms with van der Waals surface area (Å²) < 4.78 is 4.62. The maximum absolute atomic E-state index is 10.3. The lowest BCUT2D eigenvalue weighted by atomic mass is 10.2. The number of cyclic esters (lactones) is 1. The van der Waals surface area contributed by atoms with E-state index in [2.05, 4.69) is 4.74 Å². The van der Waals surface area contributed by atoms with E-state index in [-0.39, 0.29) is 5.97 Å². The average Bonchev–Trinajstić information content (AvgIpc) is 2.14. The van der Waals surface area contributed by atoms with E-state index in [1.807, 2.05) is 0 Å². The van der Waals surface area contributed by atoms with Gasteiger partial charge in [0.05, 0.1) is 6.10 Å². The normalized spacial score (nSPS) is 28.2. The van der Waals surface area contributed by atoms with E-state index < -0.39 is 12.2 Å². The third-order valence-corrected chi connectivity index (χ3v) is 1.15. The molecule has 50 valence electrons. The molecule has 1 aliphatic rings. The minimum absolute atomic E-state index is 0.374. The Morgan fingerprint density at radius 1 is 1.89 bits per heavy atom. The zero-order chi connectivity index (χ0) is 6.85. The highest BCUT2D eigenvalue weighted by atomic mass is 16.6. The van der Waals surface area contributed by atoms with E-state index in [4.69, 9.17) is 5.11 Å². The number of hydrogen-bond acceptors (Lipinski definition) is 3. The predicted molar refractivity (Wildman–Crippen MR) is 30.7 cm³/mol. The second-order valence-electron chi connectivity index (χ2n) is 2.00. The topological polar surface area (TPSA) is 46.5 Å². The Balaban J connectivity index is 2.50. The van der Waals surface area contributed by atoms with Gasteiger partial charge in [-0.25, -0.2) is 4.79 Å². The number of aliphatic hydroxyl groups is 1. The molecule has 0 aromatic carbocycles. The lowest BCUT2D eigenvalue weighted by molar-refractivity contribution is -0.142. The smallest absolute Gasteiger partial charge is 0.331 e. The first-order valence-electron chi connectivity index (χ1n) is 2.77. The van der Waals surface area contributed by atoms with Crippen molar-refractivity contribution in [2.45, 2.75) is 19.1 Å². The van der Waals surface area contributed by atoms with E-state index in [0.29, 0.717) is 0 Å². The lowest BCUT2D eigenvalue weighted by Crippen LogP contribution is -2.21. The third kappa shape index (κ3) is 1.29. The molecule has 0 bridgehead atoms. The maximum Gasteiger partial charge on any atom is 0.331 e. The molecule has 1 N–H and O–H groups in total. The largest absolute Gasteiger partial charge is 0.452 e. The van der Waals surface area contributed by atoms with Gasteiger partial charge in [-0.1, -0.05) is 0 Å². The van der Waals surface area contributed by atoms with Crippen molar-refractivity contribution in [3.05, 3.63) is 12.2 Å². The number of rotatable bonds is 1. The molecular weight excluding hydrogens is 120 g/mol. The Morgan fingerprint density at radius 3 is 2.78 bits per heavy atom. The van der Waals surface area contributed by atoms with E-state index in [0.717, 1.165) is 0 Å². The summed E-state index contributed by atoms with van der Waals surface area (Å²) in [6, 6.07) is 0. The Morgan fingerprint density at radius 2 is 2.56 bits per heavy atom. The summed E-state index contributed by atoms with van der Waals surface area (Å²) >= 11 is 0. The zero-order valence-corrected chi connectivity index (χ0v) is 5.07. The summed E-state index contributed by atoms with van der Waals surface area (Å²) in [6.07, 6.45) is 1.83. The van der Waals surface area contributed by atoms with Crippen LogP contribution in [0.3, 0.4) is 0 Å². The van der Waals surface area contributed by atoms with Crippen LogP contribution in [0.25, 0.3) is 0 Å². The lowest BCUT2D eigenvalue weighted by Gasteiger charge is -2.09. The van der Waals surface area contributed by atoms with Gasteiger partial charge in [0.2, 0.25) is 0 Å². The van der Waals surface area contributed by atoms with Crippen LogP contribution >= 0.6 is 0 Å². The Labute approximate surface area is 52.9 Å². The molecule has 1 heterocycles. The van der Waals surface area contributed by atoms with E-state index >= 15 is 0 Å². The predicted octanol–water partition coefficient (Wildman–Crippen LogP) is -0.151. The highest BCUT2D eigenvalue weighted by Crippen LogP contribution is 2.08. The molecule has 0 saturated heterocycles. The molecule has 0 radical (unpaired) electrons. The molecule has 0 aromatic rings. The average molecular weight is 128 g/mol. The minimum Gasteiger partial charge on any atom is -0.452 e. The highest BCUT2D eigenvalue weighted by Gasteiger charge is 2.20. The van der Waals surface area contributed by atoms with Crippen molar-refractivity contribution in [1.29, 1.82) is 0 Å². The first-order chi connectivity index (χ1) is 4.20. The van der Waals surface area contributed by atoms with Crippen LogP contribution in [-0.2, 0) is 9.53 Å². The van der Waals surface area contributed by atoms with Crippen molar-refractivity contribution in [2.24, 2.45) is 0 Å². The van der Waals surface area contributed by atoms with Gasteiger partial charge in [-0.15, -0.1) is 0 Å². The first-order valence-corrected chi connectivity index (χ1v) is 2.77. The van der Waals surface area contributed by atoms with Crippen molar-refractivity contribution in [2.75, 3.05) is 0 Å². The van der Waals surface area contributed by atoms with Crippen molar-refractivity contribution in [3.8, 4) is 0 Å². The minimum atomic E-state index is -0.604. The van der Waals surface area contributed by atoms with Gasteiger partial charge < -0.3 is 9.84 Å². The first kappa shape index (κ1) is 6.29. The number of carbonyl (C=O) groups excluding carboxylic acids is 1. The Kier molecular flexibility index (Phi) is 1.53. The molecule has 0 fully saturated rings. The molecule has 0 spiro atoms. The molecule has 0 aromatic heterocycles. The van der Waals surface area contributed by atoms with Gasteiger partial charge in [0, 0.05) is 6.08 Å².